The van der Waals surface area contributed by atoms with Crippen LogP contribution < -0.4 is 10.6 Å². The highest BCUT2D eigenvalue weighted by molar-refractivity contribution is 5.77. The molecule has 2 N–H and O–H groups in total. The van der Waals surface area contributed by atoms with Crippen molar-refractivity contribution in [1.82, 2.24) is 15.5 Å². The Kier molecular flexibility index (Phi) is 20.7. The van der Waals surface area contributed by atoms with Gasteiger partial charge in [0.2, 0.25) is 0 Å². The average Bonchev–Trinajstić information content (AvgIpc) is 2.90. The Bertz CT molecular complexity index is 647. The lowest BCUT2D eigenvalue weighted by Crippen LogP contribution is -2.61. The molecular weight excluding hydrogens is 498 g/mol. The summed E-state index contributed by atoms with van der Waals surface area (Å²) >= 11 is 0. The molecule has 0 bridgehead atoms. The normalized spacial score (nSPS) is 15.7. The maximum Gasteiger partial charge on any atom is 0.275 e. The Morgan fingerprint density at radius 1 is 0.675 bits per heavy atom. The molecule has 40 heavy (non-hydrogen) atoms. The second kappa shape index (κ2) is 22.4. The maximum atomic E-state index is 12.6. The van der Waals surface area contributed by atoms with E-state index in [1.54, 1.807) is 0 Å². The Morgan fingerprint density at radius 2 is 1.10 bits per heavy atom. The summed E-state index contributed by atoms with van der Waals surface area (Å²) in [7, 11) is 6.55. The van der Waals surface area contributed by atoms with Crippen LogP contribution in [0, 0.1) is 0 Å². The molecule has 0 aromatic heterocycles. The molecule has 0 saturated carbocycles. The molecule has 1 saturated heterocycles. The molecule has 1 heterocycles. The Labute approximate surface area is 249 Å². The summed E-state index contributed by atoms with van der Waals surface area (Å²) in [6.07, 6.45) is 20.7. The van der Waals surface area contributed by atoms with Gasteiger partial charge in [-0.3, -0.25) is 14.5 Å². The second-order valence-corrected chi connectivity index (χ2v) is 13.5. The van der Waals surface area contributed by atoms with Crippen molar-refractivity contribution >= 4 is 11.8 Å². The molecule has 7 nitrogen and oxygen atoms in total. The molecule has 0 aromatic rings. The fraction of sp³-hybridized carbons (Fsp3) is 0.939. The minimum absolute atomic E-state index is 0.175. The molecule has 1 aliphatic rings. The zero-order valence-corrected chi connectivity index (χ0v) is 27.5. The minimum Gasteiger partial charge on any atom is -0.351 e. The Balaban J connectivity index is 2.11. The number of nitrogens with zero attached hydrogens (tertiary/aromatic N) is 3. The molecule has 1 aliphatic heterocycles. The smallest absolute Gasteiger partial charge is 0.275 e. The number of piperazine rings is 1. The first-order valence-corrected chi connectivity index (χ1v) is 17.1. The zero-order chi connectivity index (χ0) is 29.5. The summed E-state index contributed by atoms with van der Waals surface area (Å²) in [6, 6.07) is 0. The molecule has 1 rings (SSSR count). The topological polar surface area (TPSA) is 61.4 Å². The molecular formula is C33H69N5O2+2. The number of amides is 2. The van der Waals surface area contributed by atoms with E-state index >= 15 is 0 Å². The lowest BCUT2D eigenvalue weighted by Gasteiger charge is -2.42. The highest BCUT2D eigenvalue weighted by atomic mass is 16.2. The van der Waals surface area contributed by atoms with Crippen LogP contribution in [-0.2, 0) is 9.59 Å². The Hall–Kier alpha value is -1.18. The van der Waals surface area contributed by atoms with Gasteiger partial charge in [-0.15, -0.1) is 0 Å². The van der Waals surface area contributed by atoms with Gasteiger partial charge in [-0.2, -0.15) is 0 Å². The summed E-state index contributed by atoms with van der Waals surface area (Å²) in [5, 5.41) is 6.31. The van der Waals surface area contributed by atoms with E-state index in [0.29, 0.717) is 17.6 Å². The van der Waals surface area contributed by atoms with Gasteiger partial charge in [-0.05, 0) is 12.8 Å². The molecule has 0 radical (unpaired) electrons. The monoisotopic (exact) mass is 568 g/mol. The molecule has 0 aliphatic carbocycles. The molecule has 0 unspecified atom stereocenters. The van der Waals surface area contributed by atoms with Gasteiger partial charge in [-0.25, -0.2) is 0 Å². The molecule has 1 fully saturated rings. The van der Waals surface area contributed by atoms with E-state index in [2.05, 4.69) is 50.5 Å². The molecule has 0 aromatic carbocycles. The van der Waals surface area contributed by atoms with Crippen molar-refractivity contribution in [2.75, 3.05) is 86.6 Å². The number of rotatable bonds is 25. The largest absolute Gasteiger partial charge is 0.351 e. The van der Waals surface area contributed by atoms with Gasteiger partial charge >= 0.3 is 0 Å². The number of nitrogens with one attached hydrogen (secondary N) is 2. The van der Waals surface area contributed by atoms with E-state index < -0.39 is 0 Å². The lowest BCUT2D eigenvalue weighted by molar-refractivity contribution is -0.907. The average molecular weight is 568 g/mol. The van der Waals surface area contributed by atoms with E-state index in [4.69, 9.17) is 0 Å². The third kappa shape index (κ3) is 19.8. The van der Waals surface area contributed by atoms with E-state index in [0.717, 1.165) is 69.7 Å². The van der Waals surface area contributed by atoms with E-state index in [1.807, 2.05) is 0 Å². The van der Waals surface area contributed by atoms with Crippen LogP contribution in [0.5, 0.6) is 0 Å². The number of hydrogen-bond acceptors (Lipinski definition) is 3. The van der Waals surface area contributed by atoms with Crippen LogP contribution in [0.2, 0.25) is 0 Å². The van der Waals surface area contributed by atoms with E-state index in [-0.39, 0.29) is 11.8 Å². The first-order valence-electron chi connectivity index (χ1n) is 17.1. The van der Waals surface area contributed by atoms with Crippen molar-refractivity contribution in [2.24, 2.45) is 0 Å². The van der Waals surface area contributed by atoms with E-state index in [9.17, 15) is 9.59 Å². The summed E-state index contributed by atoms with van der Waals surface area (Å²) in [5.74, 6) is 0.378. The van der Waals surface area contributed by atoms with Crippen LogP contribution in [-0.4, -0.2) is 112 Å². The number of likely N-dealkylation sites (N-methyl/N-ethyl adjacent to an activating group) is 2. The number of quaternary nitrogens is 2. The van der Waals surface area contributed by atoms with Crippen LogP contribution in [0.3, 0.4) is 0 Å². The van der Waals surface area contributed by atoms with Gasteiger partial charge in [-0.1, -0.05) is 104 Å². The minimum atomic E-state index is 0.175. The SMILES string of the molecule is CCCCCCCCCCNC(=O)C[N+](C)(C)CCN1CC[N+](C)(CC(=O)NCCCCCCCCCC)CC1. The second-order valence-electron chi connectivity index (χ2n) is 13.5. The highest BCUT2D eigenvalue weighted by Gasteiger charge is 2.32. The molecule has 7 heteroatoms. The van der Waals surface area contributed by atoms with Gasteiger partial charge in [0.1, 0.15) is 0 Å². The first-order chi connectivity index (χ1) is 19.2. The quantitative estimate of drug-likeness (QED) is 0.116. The summed E-state index contributed by atoms with van der Waals surface area (Å²) < 4.78 is 1.55. The van der Waals surface area contributed by atoms with Crippen molar-refractivity contribution in [1.29, 1.82) is 0 Å². The number of carbonyl (C=O) groups is 2. The summed E-state index contributed by atoms with van der Waals surface area (Å²) in [4.78, 5) is 27.6. The predicted molar refractivity (Wildman–Crippen MR) is 170 cm³/mol. The summed E-state index contributed by atoms with van der Waals surface area (Å²) in [5.41, 5.74) is 0. The van der Waals surface area contributed by atoms with Crippen LogP contribution in [0.1, 0.15) is 117 Å². The third-order valence-electron chi connectivity index (χ3n) is 8.74. The lowest BCUT2D eigenvalue weighted by atomic mass is 10.1. The predicted octanol–water partition coefficient (Wildman–Crippen LogP) is 5.34. The fourth-order valence-electron chi connectivity index (χ4n) is 5.68. The van der Waals surface area contributed by atoms with Crippen molar-refractivity contribution in [3.63, 3.8) is 0 Å². The number of hydrogen-bond donors (Lipinski definition) is 2. The van der Waals surface area contributed by atoms with Crippen molar-refractivity contribution in [3.05, 3.63) is 0 Å². The number of carbonyl (C=O) groups excluding carboxylic acids is 2. The van der Waals surface area contributed by atoms with Gasteiger partial charge < -0.3 is 19.6 Å². The van der Waals surface area contributed by atoms with Gasteiger partial charge in [0, 0.05) is 32.7 Å². The summed E-state index contributed by atoms with van der Waals surface area (Å²) in [6.45, 7) is 13.3. The van der Waals surface area contributed by atoms with Crippen molar-refractivity contribution in [3.8, 4) is 0 Å². The van der Waals surface area contributed by atoms with Gasteiger partial charge in [0.15, 0.2) is 13.1 Å². The molecule has 236 valence electrons. The zero-order valence-electron chi connectivity index (χ0n) is 27.5. The molecule has 0 spiro atoms. The highest BCUT2D eigenvalue weighted by Crippen LogP contribution is 2.12. The van der Waals surface area contributed by atoms with E-state index in [1.165, 1.54) is 89.9 Å². The van der Waals surface area contributed by atoms with Crippen LogP contribution in [0.4, 0.5) is 0 Å². The fourth-order valence-corrected chi connectivity index (χ4v) is 5.68. The van der Waals surface area contributed by atoms with Gasteiger partial charge in [0.05, 0.1) is 40.8 Å². The van der Waals surface area contributed by atoms with Crippen LogP contribution >= 0.6 is 0 Å². The first kappa shape index (κ1) is 36.8. The van der Waals surface area contributed by atoms with Crippen molar-refractivity contribution < 1.29 is 18.6 Å². The molecule has 0 atom stereocenters. The van der Waals surface area contributed by atoms with Crippen LogP contribution in [0.25, 0.3) is 0 Å². The third-order valence-corrected chi connectivity index (χ3v) is 8.74. The van der Waals surface area contributed by atoms with Crippen molar-refractivity contribution in [2.45, 2.75) is 117 Å². The standard InChI is InChI=1S/C33H67N5O2/c1-6-8-10-12-14-16-18-20-22-34-32(39)30-37(3,4)27-24-36-25-28-38(5,29-26-36)31-33(40)35-23-21-19-17-15-13-11-9-7-2/h6-31H2,1-5H3/p+2. The molecule has 2 amide bonds. The van der Waals surface area contributed by atoms with Gasteiger partial charge in [0.25, 0.3) is 11.8 Å². The maximum absolute atomic E-state index is 12.6. The Morgan fingerprint density at radius 3 is 1.57 bits per heavy atom. The van der Waals surface area contributed by atoms with Crippen LogP contribution in [0.15, 0.2) is 0 Å². The number of unbranched alkanes of at least 4 members (excludes halogenated alkanes) is 14.